The van der Waals surface area contributed by atoms with Crippen molar-refractivity contribution in [1.82, 2.24) is 0 Å². The molecule has 1 rings (SSSR count). The molecule has 0 atom stereocenters. The zero-order chi connectivity index (χ0) is 9.46. The molecule has 1 aromatic rings. The average Bonchev–Trinajstić information content (AvgIpc) is 2.08. The molecule has 0 saturated heterocycles. The van der Waals surface area contributed by atoms with Crippen molar-refractivity contribution in [3.05, 3.63) is 22.4 Å². The minimum atomic E-state index is 0. The molecule has 0 amide bonds. The predicted octanol–water partition coefficient (Wildman–Crippen LogP) is 5.14. The number of hydrogen-bond acceptors (Lipinski definition) is 1. The van der Waals surface area contributed by atoms with Crippen molar-refractivity contribution in [2.75, 3.05) is 0 Å². The van der Waals surface area contributed by atoms with E-state index in [1.54, 1.807) is 0 Å². The van der Waals surface area contributed by atoms with E-state index in [-0.39, 0.29) is 29.6 Å². The third kappa shape index (κ3) is 3.46. The third-order valence-corrected chi connectivity index (χ3v) is 8.34. The summed E-state index contributed by atoms with van der Waals surface area (Å²) < 4.78 is 4.70. The van der Waals surface area contributed by atoms with Gasteiger partial charge < -0.3 is 0 Å². The van der Waals surface area contributed by atoms with Crippen LogP contribution in [0.2, 0.25) is 0 Å². The number of benzene rings is 1. The molecule has 0 N–H and O–H groups in total. The first kappa shape index (κ1) is 16.0. The normalized spacial score (nSPS) is 9.69. The standard InChI is InChI=1S/C6HBr5S.Na.H/c7-1-2(8)4(10)6(12)5(11)3(1)9;;/h12H;;. The summed E-state index contributed by atoms with van der Waals surface area (Å²) in [5, 5.41) is 0. The van der Waals surface area contributed by atoms with Gasteiger partial charge in [-0.2, -0.15) is 0 Å². The van der Waals surface area contributed by atoms with E-state index < -0.39 is 0 Å². The van der Waals surface area contributed by atoms with Crippen LogP contribution < -0.4 is 0 Å². The van der Waals surface area contributed by atoms with E-state index in [0.717, 1.165) is 27.3 Å². The Balaban J connectivity index is 0.00000144. The van der Waals surface area contributed by atoms with Gasteiger partial charge >= 0.3 is 29.6 Å². The van der Waals surface area contributed by atoms with Gasteiger partial charge in [-0.25, -0.2) is 0 Å². The molecule has 0 aliphatic rings. The summed E-state index contributed by atoms with van der Waals surface area (Å²) >= 11 is 21.4. The number of rotatable bonds is 0. The van der Waals surface area contributed by atoms with Crippen LogP contribution in [0.15, 0.2) is 27.3 Å². The number of hydrogen-bond donors (Lipinski definition) is 1. The first-order chi connectivity index (χ1) is 5.46. The molecule has 0 bridgehead atoms. The monoisotopic (exact) mass is 524 g/mol. The topological polar surface area (TPSA) is 0 Å². The van der Waals surface area contributed by atoms with Crippen molar-refractivity contribution in [2.45, 2.75) is 4.90 Å². The van der Waals surface area contributed by atoms with Gasteiger partial charge in [0.1, 0.15) is 0 Å². The van der Waals surface area contributed by atoms with E-state index in [1.807, 2.05) is 0 Å². The van der Waals surface area contributed by atoms with Crippen LogP contribution in [0, 0.1) is 0 Å². The molecule has 0 heterocycles. The molecule has 1 aromatic carbocycles. The van der Waals surface area contributed by atoms with E-state index in [0.29, 0.717) is 0 Å². The minimum absolute atomic E-state index is 0. The number of halogens is 5. The number of thiol groups is 1. The summed E-state index contributed by atoms with van der Waals surface area (Å²) in [6.07, 6.45) is 0. The van der Waals surface area contributed by atoms with Crippen molar-refractivity contribution >= 4 is 122 Å². The quantitative estimate of drug-likeness (QED) is 0.205. The second-order valence-corrected chi connectivity index (χ2v) is 6.33. The molecule has 0 aromatic heterocycles. The Labute approximate surface area is 146 Å². The molecule has 0 fully saturated rings. The average molecular weight is 529 g/mol. The van der Waals surface area contributed by atoms with E-state index >= 15 is 0 Å². The Hall–Kier alpha value is 2.97. The van der Waals surface area contributed by atoms with Crippen LogP contribution >= 0.6 is 92.3 Å². The van der Waals surface area contributed by atoms with Gasteiger partial charge in [0.05, 0.1) is 0 Å². The molecule has 0 aliphatic carbocycles. The Kier molecular flexibility index (Phi) is 8.16. The van der Waals surface area contributed by atoms with Gasteiger partial charge in [0.2, 0.25) is 0 Å². The third-order valence-electron chi connectivity index (χ3n) is 1.19. The second kappa shape index (κ2) is 6.64. The first-order valence-electron chi connectivity index (χ1n) is 2.67. The molecule has 0 saturated carbocycles. The SMILES string of the molecule is Sc1c(Br)c(Br)c(Br)c(Br)c1Br.[NaH]. The summed E-state index contributed by atoms with van der Waals surface area (Å²) in [5.41, 5.74) is 0. The molecular formula is C6H2Br5NaS. The van der Waals surface area contributed by atoms with E-state index in [2.05, 4.69) is 92.3 Å². The molecule has 0 unspecified atom stereocenters. The Bertz CT molecular complexity index is 235. The van der Waals surface area contributed by atoms with E-state index in [4.69, 9.17) is 0 Å². The van der Waals surface area contributed by atoms with Gasteiger partial charge in [-0.05, 0) is 79.6 Å². The zero-order valence-electron chi connectivity index (χ0n) is 5.34. The van der Waals surface area contributed by atoms with Crippen LogP contribution in [0.3, 0.4) is 0 Å². The molecule has 0 nitrogen and oxygen atoms in total. The fourth-order valence-electron chi connectivity index (χ4n) is 0.593. The van der Waals surface area contributed by atoms with Crippen LogP contribution in [0.5, 0.6) is 0 Å². The van der Waals surface area contributed by atoms with Crippen LogP contribution in [-0.2, 0) is 0 Å². The van der Waals surface area contributed by atoms with Crippen molar-refractivity contribution < 1.29 is 0 Å². The van der Waals surface area contributed by atoms with Gasteiger partial charge in [-0.1, -0.05) is 0 Å². The summed E-state index contributed by atoms with van der Waals surface area (Å²) in [7, 11) is 0. The Morgan fingerprint density at radius 3 is 1.15 bits per heavy atom. The summed E-state index contributed by atoms with van der Waals surface area (Å²) in [5.74, 6) is 0. The Morgan fingerprint density at radius 2 is 0.846 bits per heavy atom. The molecule has 7 heteroatoms. The zero-order valence-corrected chi connectivity index (χ0v) is 14.2. The summed E-state index contributed by atoms with van der Waals surface area (Å²) in [6, 6.07) is 0. The van der Waals surface area contributed by atoms with Crippen molar-refractivity contribution in [1.29, 1.82) is 0 Å². The van der Waals surface area contributed by atoms with Crippen LogP contribution in [0.25, 0.3) is 0 Å². The fourth-order valence-corrected chi connectivity index (χ4v) is 4.17. The van der Waals surface area contributed by atoms with Crippen molar-refractivity contribution in [3.63, 3.8) is 0 Å². The van der Waals surface area contributed by atoms with Gasteiger partial charge in [-0.3, -0.25) is 0 Å². The molecular weight excluding hydrogens is 527 g/mol. The van der Waals surface area contributed by atoms with Crippen molar-refractivity contribution in [2.24, 2.45) is 0 Å². The van der Waals surface area contributed by atoms with E-state index in [1.165, 1.54) is 0 Å². The molecule has 0 radical (unpaired) electrons. The van der Waals surface area contributed by atoms with Crippen molar-refractivity contribution in [3.8, 4) is 0 Å². The molecule has 0 spiro atoms. The van der Waals surface area contributed by atoms with E-state index in [9.17, 15) is 0 Å². The summed E-state index contributed by atoms with van der Waals surface area (Å²) in [6.45, 7) is 0. The van der Waals surface area contributed by atoms with Crippen LogP contribution in [-0.4, -0.2) is 29.6 Å². The van der Waals surface area contributed by atoms with Gasteiger partial charge in [-0.15, -0.1) is 12.6 Å². The van der Waals surface area contributed by atoms with Gasteiger partial charge in [0.25, 0.3) is 0 Å². The molecule has 13 heavy (non-hydrogen) atoms. The van der Waals surface area contributed by atoms with Crippen LogP contribution in [0.1, 0.15) is 0 Å². The van der Waals surface area contributed by atoms with Gasteiger partial charge in [0.15, 0.2) is 0 Å². The molecule has 0 aliphatic heterocycles. The molecule has 68 valence electrons. The maximum atomic E-state index is 4.32. The fraction of sp³-hybridized carbons (Fsp3) is 0. The van der Waals surface area contributed by atoms with Crippen LogP contribution in [0.4, 0.5) is 0 Å². The van der Waals surface area contributed by atoms with Gasteiger partial charge in [0, 0.05) is 27.3 Å². The Morgan fingerprint density at radius 1 is 0.615 bits per heavy atom. The first-order valence-corrected chi connectivity index (χ1v) is 7.08. The maximum absolute atomic E-state index is 4.32. The predicted molar refractivity (Wildman–Crippen MR) is 79.3 cm³/mol. The second-order valence-electron chi connectivity index (χ2n) is 1.92. The summed E-state index contributed by atoms with van der Waals surface area (Å²) in [4.78, 5) is 0.858.